The molecule has 4 aromatic carbocycles. The standard InChI is InChI=1S/C29H24N2O3S/c1-20-13-18-25(33-2)26-27(20)35-29(30-26)31(19-21-9-5-3-6-10-21)28(32)22-14-16-24(17-15-22)34-23-11-7-4-8-12-23/h3-18H,19H2,1-2H3. The molecule has 0 bridgehead atoms. The second-order valence-electron chi connectivity index (χ2n) is 8.08. The van der Waals surface area contributed by atoms with E-state index in [0.29, 0.717) is 28.7 Å². The number of carbonyl (C=O) groups excluding carboxylic acids is 1. The third-order valence-electron chi connectivity index (χ3n) is 5.65. The number of hydrogen-bond donors (Lipinski definition) is 0. The Hall–Kier alpha value is -4.16. The van der Waals surface area contributed by atoms with Gasteiger partial charge in [0.1, 0.15) is 22.8 Å². The maximum atomic E-state index is 13.8. The average molecular weight is 481 g/mol. The van der Waals surface area contributed by atoms with Gasteiger partial charge in [-0.05, 0) is 60.5 Å². The van der Waals surface area contributed by atoms with Gasteiger partial charge < -0.3 is 9.47 Å². The second kappa shape index (κ2) is 9.99. The third-order valence-corrected chi connectivity index (χ3v) is 6.87. The Kier molecular flexibility index (Phi) is 6.46. The number of benzene rings is 4. The van der Waals surface area contributed by atoms with Crippen LogP contribution in [0.15, 0.2) is 97.1 Å². The van der Waals surface area contributed by atoms with Crippen molar-refractivity contribution in [2.45, 2.75) is 13.5 Å². The van der Waals surface area contributed by atoms with Crippen molar-refractivity contribution in [1.29, 1.82) is 0 Å². The minimum Gasteiger partial charge on any atom is -0.494 e. The van der Waals surface area contributed by atoms with E-state index in [0.717, 1.165) is 27.1 Å². The molecule has 5 aromatic rings. The summed E-state index contributed by atoms with van der Waals surface area (Å²) < 4.78 is 12.4. The summed E-state index contributed by atoms with van der Waals surface area (Å²) in [6, 6.07) is 30.6. The largest absolute Gasteiger partial charge is 0.494 e. The smallest absolute Gasteiger partial charge is 0.260 e. The summed E-state index contributed by atoms with van der Waals surface area (Å²) in [5, 5.41) is 0.631. The number of carbonyl (C=O) groups is 1. The van der Waals surface area contributed by atoms with E-state index in [1.165, 1.54) is 11.3 Å². The summed E-state index contributed by atoms with van der Waals surface area (Å²) in [6.45, 7) is 2.45. The predicted molar refractivity (Wildman–Crippen MR) is 141 cm³/mol. The number of nitrogens with zero attached hydrogens (tertiary/aromatic N) is 2. The van der Waals surface area contributed by atoms with Gasteiger partial charge in [-0.15, -0.1) is 0 Å². The highest BCUT2D eigenvalue weighted by atomic mass is 32.1. The lowest BCUT2D eigenvalue weighted by atomic mass is 10.1. The summed E-state index contributed by atoms with van der Waals surface area (Å²) in [4.78, 5) is 20.3. The van der Waals surface area contributed by atoms with Gasteiger partial charge in [-0.1, -0.05) is 65.9 Å². The fourth-order valence-electron chi connectivity index (χ4n) is 3.82. The molecule has 0 saturated heterocycles. The molecule has 0 atom stereocenters. The van der Waals surface area contributed by atoms with E-state index in [2.05, 4.69) is 0 Å². The molecule has 0 aliphatic rings. The van der Waals surface area contributed by atoms with E-state index in [1.54, 1.807) is 24.1 Å². The number of anilines is 1. The zero-order chi connectivity index (χ0) is 24.2. The molecule has 1 heterocycles. The van der Waals surface area contributed by atoms with Crippen molar-refractivity contribution in [2.75, 3.05) is 12.0 Å². The van der Waals surface area contributed by atoms with Crippen LogP contribution in [-0.2, 0) is 6.54 Å². The monoisotopic (exact) mass is 480 g/mol. The lowest BCUT2D eigenvalue weighted by molar-refractivity contribution is 0.0985. The van der Waals surface area contributed by atoms with E-state index in [-0.39, 0.29) is 5.91 Å². The molecule has 174 valence electrons. The fraction of sp³-hybridized carbons (Fsp3) is 0.103. The third kappa shape index (κ3) is 4.88. The van der Waals surface area contributed by atoms with E-state index >= 15 is 0 Å². The van der Waals surface area contributed by atoms with E-state index in [9.17, 15) is 4.79 Å². The summed E-state index contributed by atoms with van der Waals surface area (Å²) in [7, 11) is 1.63. The summed E-state index contributed by atoms with van der Waals surface area (Å²) >= 11 is 1.50. The first kappa shape index (κ1) is 22.6. The van der Waals surface area contributed by atoms with Gasteiger partial charge in [0.2, 0.25) is 0 Å². The van der Waals surface area contributed by atoms with Crippen LogP contribution < -0.4 is 14.4 Å². The minimum atomic E-state index is -0.129. The average Bonchev–Trinajstić information content (AvgIpc) is 3.35. The maximum absolute atomic E-state index is 13.8. The SMILES string of the molecule is COc1ccc(C)c2sc(N(Cc3ccccc3)C(=O)c3ccc(Oc4ccccc4)cc3)nc12. The van der Waals surface area contributed by atoms with Crippen molar-refractivity contribution in [2.24, 2.45) is 0 Å². The van der Waals surface area contributed by atoms with Gasteiger partial charge in [0.15, 0.2) is 5.13 Å². The van der Waals surface area contributed by atoms with Gasteiger partial charge in [-0.25, -0.2) is 4.98 Å². The molecular weight excluding hydrogens is 456 g/mol. The number of para-hydroxylation sites is 1. The van der Waals surface area contributed by atoms with Gasteiger partial charge >= 0.3 is 0 Å². The van der Waals surface area contributed by atoms with Crippen LogP contribution in [0.2, 0.25) is 0 Å². The van der Waals surface area contributed by atoms with Crippen LogP contribution in [0.5, 0.6) is 17.2 Å². The Morgan fingerprint density at radius 2 is 1.51 bits per heavy atom. The van der Waals surface area contributed by atoms with Crippen molar-refractivity contribution in [3.8, 4) is 17.2 Å². The number of aryl methyl sites for hydroxylation is 1. The molecule has 5 rings (SSSR count). The fourth-order valence-corrected chi connectivity index (χ4v) is 4.87. The number of rotatable bonds is 7. The van der Waals surface area contributed by atoms with Crippen molar-refractivity contribution >= 4 is 32.6 Å². The van der Waals surface area contributed by atoms with Crippen molar-refractivity contribution in [1.82, 2.24) is 4.98 Å². The number of methoxy groups -OCH3 is 1. The highest BCUT2D eigenvalue weighted by molar-refractivity contribution is 7.22. The molecule has 0 aliphatic heterocycles. The molecule has 0 saturated carbocycles. The molecule has 1 amide bonds. The number of fused-ring (bicyclic) bond motifs is 1. The summed E-state index contributed by atoms with van der Waals surface area (Å²) in [5.74, 6) is 1.98. The predicted octanol–water partition coefficient (Wildman–Crippen LogP) is 7.25. The first-order chi connectivity index (χ1) is 17.1. The zero-order valence-electron chi connectivity index (χ0n) is 19.5. The first-order valence-electron chi connectivity index (χ1n) is 11.3. The molecule has 0 fully saturated rings. The Morgan fingerprint density at radius 3 is 2.20 bits per heavy atom. The van der Waals surface area contributed by atoms with Crippen LogP contribution in [-0.4, -0.2) is 18.0 Å². The quantitative estimate of drug-likeness (QED) is 0.246. The Labute approximate surface area is 208 Å². The molecule has 6 heteroatoms. The highest BCUT2D eigenvalue weighted by Gasteiger charge is 2.23. The zero-order valence-corrected chi connectivity index (χ0v) is 20.3. The van der Waals surface area contributed by atoms with Gasteiger partial charge in [0.05, 0.1) is 18.4 Å². The van der Waals surface area contributed by atoms with E-state index in [4.69, 9.17) is 14.5 Å². The van der Waals surface area contributed by atoms with Gasteiger partial charge in [-0.2, -0.15) is 0 Å². The van der Waals surface area contributed by atoms with Crippen LogP contribution in [0.3, 0.4) is 0 Å². The second-order valence-corrected chi connectivity index (χ2v) is 9.05. The van der Waals surface area contributed by atoms with Crippen LogP contribution in [0.1, 0.15) is 21.5 Å². The lowest BCUT2D eigenvalue weighted by Crippen LogP contribution is -2.30. The number of aromatic nitrogens is 1. The lowest BCUT2D eigenvalue weighted by Gasteiger charge is -2.20. The van der Waals surface area contributed by atoms with Gasteiger partial charge in [0.25, 0.3) is 5.91 Å². The number of amides is 1. The van der Waals surface area contributed by atoms with Gasteiger partial charge in [-0.3, -0.25) is 9.69 Å². The normalized spacial score (nSPS) is 10.8. The molecule has 0 N–H and O–H groups in total. The maximum Gasteiger partial charge on any atom is 0.260 e. The Morgan fingerprint density at radius 1 is 0.857 bits per heavy atom. The van der Waals surface area contributed by atoms with Crippen LogP contribution in [0, 0.1) is 6.92 Å². The van der Waals surface area contributed by atoms with Crippen molar-refractivity contribution < 1.29 is 14.3 Å². The van der Waals surface area contributed by atoms with Crippen LogP contribution >= 0.6 is 11.3 Å². The van der Waals surface area contributed by atoms with Crippen molar-refractivity contribution in [3.63, 3.8) is 0 Å². The number of ether oxygens (including phenoxy) is 2. The van der Waals surface area contributed by atoms with Crippen LogP contribution in [0.25, 0.3) is 10.2 Å². The molecule has 1 aromatic heterocycles. The number of thiazole rings is 1. The van der Waals surface area contributed by atoms with Crippen LogP contribution in [0.4, 0.5) is 5.13 Å². The summed E-state index contributed by atoms with van der Waals surface area (Å²) in [6.07, 6.45) is 0. The van der Waals surface area contributed by atoms with Crippen molar-refractivity contribution in [3.05, 3.63) is 114 Å². The Balaban J connectivity index is 1.49. The topological polar surface area (TPSA) is 51.7 Å². The minimum absolute atomic E-state index is 0.129. The molecule has 0 aliphatic carbocycles. The summed E-state index contributed by atoms with van der Waals surface area (Å²) in [5.41, 5.74) is 3.45. The molecular formula is C29H24N2O3S. The number of hydrogen-bond acceptors (Lipinski definition) is 5. The molecule has 0 radical (unpaired) electrons. The molecule has 5 nitrogen and oxygen atoms in total. The first-order valence-corrected chi connectivity index (χ1v) is 12.1. The van der Waals surface area contributed by atoms with Gasteiger partial charge in [0, 0.05) is 5.56 Å². The Bertz CT molecular complexity index is 1450. The van der Waals surface area contributed by atoms with E-state index in [1.807, 2.05) is 91.9 Å². The highest BCUT2D eigenvalue weighted by Crippen LogP contribution is 2.37. The molecule has 0 spiro atoms. The van der Waals surface area contributed by atoms with E-state index < -0.39 is 0 Å². The molecule has 35 heavy (non-hydrogen) atoms. The molecule has 0 unspecified atom stereocenters.